The van der Waals surface area contributed by atoms with Crippen LogP contribution in [0.15, 0.2) is 58.8 Å². The predicted molar refractivity (Wildman–Crippen MR) is 400 cm³/mol. The number of hydrogen-bond acceptors (Lipinski definition) is 4. The van der Waals surface area contributed by atoms with Gasteiger partial charge in [0, 0.05) is 12.8 Å². The van der Waals surface area contributed by atoms with Gasteiger partial charge in [0.1, 0.15) is 11.5 Å². The number of azo groups is 1. The molecule has 0 aliphatic rings. The molecule has 0 spiro atoms. The van der Waals surface area contributed by atoms with Gasteiger partial charge in [-0.1, -0.05) is 336 Å². The van der Waals surface area contributed by atoms with Gasteiger partial charge in [-0.15, -0.1) is 0 Å². The Balaban J connectivity index is 1.77. The summed E-state index contributed by atoms with van der Waals surface area (Å²) in [5.74, 6) is 1.85. The average molecular weight is 1260 g/mol. The minimum atomic E-state index is 0.762. The Hall–Kier alpha value is -2.44. The molecule has 6 nitrogen and oxygen atoms in total. The first kappa shape index (κ1) is 83.6. The highest BCUT2D eigenvalue weighted by Crippen LogP contribution is 2.26. The third-order valence-corrected chi connectivity index (χ3v) is 20.4. The first-order valence-corrected chi connectivity index (χ1v) is 40.9. The third kappa shape index (κ3) is 53.9. The van der Waals surface area contributed by atoms with E-state index in [1.54, 1.807) is 0 Å². The summed E-state index contributed by atoms with van der Waals surface area (Å²) >= 11 is 0. The molecule has 2 rings (SSSR count). The van der Waals surface area contributed by atoms with E-state index in [2.05, 4.69) is 76.3 Å². The molecule has 0 N–H and O–H groups in total. The Morgan fingerprint density at radius 2 is 0.367 bits per heavy atom. The zero-order valence-electron chi connectivity index (χ0n) is 61.9. The second-order valence-electron chi connectivity index (χ2n) is 29.6. The van der Waals surface area contributed by atoms with E-state index in [4.69, 9.17) is 9.47 Å². The topological polar surface area (TPSA) is 43.2 Å². The summed E-state index contributed by atoms with van der Waals surface area (Å²) in [5.41, 5.74) is 1.69. The number of benzene rings is 2. The Morgan fingerprint density at radius 3 is 0.544 bits per heavy atom. The molecule has 2 aromatic rings. The van der Waals surface area contributed by atoms with E-state index < -0.39 is 0 Å². The van der Waals surface area contributed by atoms with Crippen molar-refractivity contribution in [1.82, 2.24) is 0 Å². The maximum absolute atomic E-state index is 6.36. The Labute approximate surface area is 563 Å². The highest BCUT2D eigenvalue weighted by Gasteiger charge is 2.22. The van der Waals surface area contributed by atoms with Crippen LogP contribution >= 0.6 is 0 Å². The van der Waals surface area contributed by atoms with Crippen LogP contribution in [-0.4, -0.2) is 75.5 Å². The highest BCUT2D eigenvalue weighted by molar-refractivity contribution is 5.44. The van der Waals surface area contributed by atoms with Gasteiger partial charge in [-0.2, -0.15) is 10.2 Å². The van der Waals surface area contributed by atoms with Crippen LogP contribution in [0.1, 0.15) is 400 Å². The van der Waals surface area contributed by atoms with Crippen LogP contribution < -0.4 is 9.47 Å². The molecule has 0 aliphatic carbocycles. The number of unbranched alkanes of at least 4 members (excludes halogenated alkanes) is 52. The molecule has 90 heavy (non-hydrogen) atoms. The first-order valence-electron chi connectivity index (χ1n) is 40.9. The first-order chi connectivity index (χ1) is 44.3. The van der Waals surface area contributed by atoms with Gasteiger partial charge in [-0.25, -0.2) is 0 Å². The lowest BCUT2D eigenvalue weighted by Gasteiger charge is -2.35. The molecule has 0 aromatic heterocycles. The van der Waals surface area contributed by atoms with Crippen LogP contribution in [0.2, 0.25) is 0 Å². The Morgan fingerprint density at radius 1 is 0.211 bits per heavy atom. The van der Waals surface area contributed by atoms with Crippen LogP contribution in [0.4, 0.5) is 11.4 Å². The van der Waals surface area contributed by atoms with Crippen molar-refractivity contribution in [3.8, 4) is 11.5 Å². The van der Waals surface area contributed by atoms with Crippen LogP contribution in [0.25, 0.3) is 0 Å². The van der Waals surface area contributed by atoms with Gasteiger partial charge >= 0.3 is 0 Å². The standard InChI is InChI=1S/C84H158N4O2/c1-7-11-15-19-23-27-31-35-39-43-47-51-55-59-73-87(5,74-60-56-52-48-44-40-36-32-28-24-20-16-12-8-2)77-63-79-89-83-69-65-81(66-70-83)85-86-82-67-71-84(72-68-82)90-80-64-78-88(6,75-61-57-53-49-45-41-37-33-29-25-21-17-13-9-3)76-62-58-54-50-46-42-38-34-30-26-22-18-14-10-4/h65-72H,7-64,73-80H2,1-6H3/q+2. The van der Waals surface area contributed by atoms with Crippen molar-refractivity contribution < 1.29 is 18.4 Å². The molecule has 0 radical (unpaired) electrons. The molecule has 0 unspecified atom stereocenters. The number of nitrogens with zero attached hydrogens (tertiary/aromatic N) is 4. The molecule has 0 heterocycles. The van der Waals surface area contributed by atoms with Gasteiger partial charge < -0.3 is 18.4 Å². The van der Waals surface area contributed by atoms with Crippen molar-refractivity contribution in [2.75, 3.05) is 66.6 Å². The second-order valence-corrected chi connectivity index (χ2v) is 29.6. The number of quaternary nitrogens is 2. The van der Waals surface area contributed by atoms with E-state index in [-0.39, 0.29) is 0 Å². The molecule has 0 aliphatic heterocycles. The lowest BCUT2D eigenvalue weighted by molar-refractivity contribution is -0.910. The molecule has 0 amide bonds. The monoisotopic (exact) mass is 1260 g/mol. The van der Waals surface area contributed by atoms with Crippen LogP contribution in [-0.2, 0) is 0 Å². The highest BCUT2D eigenvalue weighted by atomic mass is 16.5. The summed E-state index contributed by atoms with van der Waals surface area (Å²) in [6.45, 7) is 18.4. The van der Waals surface area contributed by atoms with Crippen LogP contribution in [0.5, 0.6) is 11.5 Å². The zero-order chi connectivity index (χ0) is 64.5. The minimum absolute atomic E-state index is 0.762. The Kier molecular flexibility index (Phi) is 59.4. The third-order valence-electron chi connectivity index (χ3n) is 20.4. The molecular weight excluding hydrogens is 1100 g/mol. The van der Waals surface area contributed by atoms with E-state index in [1.807, 2.05) is 24.3 Å². The maximum atomic E-state index is 6.36. The summed E-state index contributed by atoms with van der Waals surface area (Å²) in [6.07, 6.45) is 81.9. The average Bonchev–Trinajstić information content (AvgIpc) is 3.60. The summed E-state index contributed by atoms with van der Waals surface area (Å²) in [7, 11) is 5.09. The largest absolute Gasteiger partial charge is 0.493 e. The molecule has 0 atom stereocenters. The maximum Gasteiger partial charge on any atom is 0.119 e. The normalized spacial score (nSPS) is 12.1. The molecule has 0 bridgehead atoms. The van der Waals surface area contributed by atoms with Crippen molar-refractivity contribution in [3.05, 3.63) is 48.5 Å². The van der Waals surface area contributed by atoms with E-state index in [1.165, 1.54) is 408 Å². The Bertz CT molecular complexity index is 1570. The molecule has 2 aromatic carbocycles. The van der Waals surface area contributed by atoms with Gasteiger partial charge in [0.15, 0.2) is 0 Å². The van der Waals surface area contributed by atoms with Crippen LogP contribution in [0.3, 0.4) is 0 Å². The summed E-state index contributed by atoms with van der Waals surface area (Å²) in [4.78, 5) is 0. The fraction of sp³-hybridized carbons (Fsp3) is 0.857. The van der Waals surface area contributed by atoms with Crippen molar-refractivity contribution in [3.63, 3.8) is 0 Å². The van der Waals surface area contributed by atoms with Gasteiger partial charge in [0.2, 0.25) is 0 Å². The van der Waals surface area contributed by atoms with Gasteiger partial charge in [-0.3, -0.25) is 0 Å². The van der Waals surface area contributed by atoms with Crippen molar-refractivity contribution in [2.24, 2.45) is 10.2 Å². The molecule has 0 saturated heterocycles. The van der Waals surface area contributed by atoms with E-state index in [0.29, 0.717) is 0 Å². The minimum Gasteiger partial charge on any atom is -0.493 e. The molecular formula is C84H158N4O2+2. The van der Waals surface area contributed by atoms with E-state index >= 15 is 0 Å². The van der Waals surface area contributed by atoms with Crippen molar-refractivity contribution in [1.29, 1.82) is 0 Å². The molecule has 0 fully saturated rings. The lowest BCUT2D eigenvalue weighted by Crippen LogP contribution is -2.46. The van der Waals surface area contributed by atoms with Crippen molar-refractivity contribution >= 4 is 11.4 Å². The SMILES string of the molecule is CCCCCCCCCCCCCCCC[N+](C)(CCCCCCCCCCCCCCCC)CCCOc1ccc(N=Nc2ccc(OCCC[N+](C)(CCCCCCCCCCCCCCCC)CCCCCCCCCCCCCCCC)cc2)cc1. The van der Waals surface area contributed by atoms with Crippen molar-refractivity contribution in [2.45, 2.75) is 400 Å². The van der Waals surface area contributed by atoms with Crippen LogP contribution in [0, 0.1) is 0 Å². The zero-order valence-corrected chi connectivity index (χ0v) is 61.9. The number of hydrogen-bond donors (Lipinski definition) is 0. The summed E-state index contributed by atoms with van der Waals surface area (Å²) in [5, 5.41) is 9.19. The number of ether oxygens (including phenoxy) is 2. The predicted octanol–water partition coefficient (Wildman–Crippen LogP) is 28.5. The van der Waals surface area contributed by atoms with E-state index in [9.17, 15) is 0 Å². The summed E-state index contributed by atoms with van der Waals surface area (Å²) in [6, 6.07) is 16.4. The van der Waals surface area contributed by atoms with Gasteiger partial charge in [0.25, 0.3) is 0 Å². The van der Waals surface area contributed by atoms with Gasteiger partial charge in [0.05, 0.1) is 78.0 Å². The summed E-state index contributed by atoms with van der Waals surface area (Å²) < 4.78 is 15.1. The second kappa shape index (κ2) is 63.9. The fourth-order valence-corrected chi connectivity index (χ4v) is 14.0. The lowest BCUT2D eigenvalue weighted by atomic mass is 10.0. The molecule has 524 valence electrons. The quantitative estimate of drug-likeness (QED) is 0.0376. The smallest absolute Gasteiger partial charge is 0.119 e. The molecule has 6 heteroatoms. The van der Waals surface area contributed by atoms with E-state index in [0.717, 1.165) is 48.9 Å². The van der Waals surface area contributed by atoms with Gasteiger partial charge in [-0.05, 0) is 99.9 Å². The number of rotatable bonds is 72. The fourth-order valence-electron chi connectivity index (χ4n) is 14.0. The molecule has 0 saturated carbocycles.